The van der Waals surface area contributed by atoms with Gasteiger partial charge in [-0.05, 0) is 24.7 Å². The average Bonchev–Trinajstić information content (AvgIpc) is 2.43. The zero-order valence-electron chi connectivity index (χ0n) is 8.64. The van der Waals surface area contributed by atoms with Crippen LogP contribution in [-0.4, -0.2) is 11.6 Å². The molecule has 0 saturated heterocycles. The van der Waals surface area contributed by atoms with Gasteiger partial charge in [-0.1, -0.05) is 23.2 Å². The summed E-state index contributed by atoms with van der Waals surface area (Å²) in [5.41, 5.74) is 2.24. The van der Waals surface area contributed by atoms with Gasteiger partial charge in [0.2, 0.25) is 0 Å². The monoisotopic (exact) mass is 242 g/mol. The van der Waals surface area contributed by atoms with E-state index in [1.165, 1.54) is 5.56 Å². The van der Waals surface area contributed by atoms with E-state index in [1.54, 1.807) is 6.07 Å². The molecule has 0 unspecified atom stereocenters. The van der Waals surface area contributed by atoms with Gasteiger partial charge in [0.25, 0.3) is 0 Å². The van der Waals surface area contributed by atoms with Crippen molar-refractivity contribution in [3.63, 3.8) is 0 Å². The van der Waals surface area contributed by atoms with E-state index in [9.17, 15) is 0 Å². The van der Waals surface area contributed by atoms with Crippen LogP contribution < -0.4 is 5.32 Å². The van der Waals surface area contributed by atoms with Gasteiger partial charge < -0.3 is 9.88 Å². The van der Waals surface area contributed by atoms with Gasteiger partial charge in [-0.3, -0.25) is 0 Å². The molecule has 2 aromatic rings. The van der Waals surface area contributed by atoms with Crippen molar-refractivity contribution in [2.45, 2.75) is 6.54 Å². The third kappa shape index (κ3) is 1.85. The molecule has 1 aromatic carbocycles. The summed E-state index contributed by atoms with van der Waals surface area (Å²) in [5, 5.41) is 5.62. The molecule has 1 heterocycles. The predicted molar refractivity (Wildman–Crippen MR) is 65.7 cm³/mol. The van der Waals surface area contributed by atoms with Gasteiger partial charge in [0.15, 0.2) is 0 Å². The number of hydrogen-bond donors (Lipinski definition) is 1. The Morgan fingerprint density at radius 3 is 2.73 bits per heavy atom. The van der Waals surface area contributed by atoms with Gasteiger partial charge in [-0.2, -0.15) is 0 Å². The fraction of sp³-hybridized carbons (Fsp3) is 0.273. The predicted octanol–water partition coefficient (Wildman–Crippen LogP) is 3.20. The van der Waals surface area contributed by atoms with Crippen molar-refractivity contribution in [3.05, 3.63) is 33.9 Å². The van der Waals surface area contributed by atoms with Crippen LogP contribution in [0.2, 0.25) is 10.0 Å². The minimum atomic E-state index is 0.677. The SMILES string of the molecule is CNCc1cn(C)c2c(Cl)cc(Cl)cc12. The molecule has 0 bridgehead atoms. The van der Waals surface area contributed by atoms with Crippen LogP contribution in [0.25, 0.3) is 10.9 Å². The van der Waals surface area contributed by atoms with Crippen molar-refractivity contribution in [2.75, 3.05) is 7.05 Å². The zero-order valence-corrected chi connectivity index (χ0v) is 10.2. The molecule has 0 aliphatic heterocycles. The maximum Gasteiger partial charge on any atom is 0.0671 e. The standard InChI is InChI=1S/C11H12Cl2N2/c1-14-5-7-6-15(2)11-9(7)3-8(12)4-10(11)13/h3-4,6,14H,5H2,1-2H3. The van der Waals surface area contributed by atoms with Gasteiger partial charge in [0.1, 0.15) is 0 Å². The van der Waals surface area contributed by atoms with E-state index < -0.39 is 0 Å². The van der Waals surface area contributed by atoms with Crippen molar-refractivity contribution in [2.24, 2.45) is 7.05 Å². The van der Waals surface area contributed by atoms with Crippen molar-refractivity contribution in [1.82, 2.24) is 9.88 Å². The van der Waals surface area contributed by atoms with E-state index in [4.69, 9.17) is 23.2 Å². The van der Waals surface area contributed by atoms with Crippen LogP contribution >= 0.6 is 23.2 Å². The molecule has 2 rings (SSSR count). The van der Waals surface area contributed by atoms with Crippen molar-refractivity contribution in [1.29, 1.82) is 0 Å². The van der Waals surface area contributed by atoms with Gasteiger partial charge >= 0.3 is 0 Å². The quantitative estimate of drug-likeness (QED) is 0.856. The smallest absolute Gasteiger partial charge is 0.0671 e. The summed E-state index contributed by atoms with van der Waals surface area (Å²) in [6.07, 6.45) is 2.07. The summed E-state index contributed by atoms with van der Waals surface area (Å²) in [6.45, 7) is 0.814. The number of aryl methyl sites for hydroxylation is 1. The summed E-state index contributed by atoms with van der Waals surface area (Å²) in [4.78, 5) is 0. The van der Waals surface area contributed by atoms with E-state index in [0.29, 0.717) is 10.0 Å². The molecule has 80 valence electrons. The van der Waals surface area contributed by atoms with Crippen LogP contribution in [0.3, 0.4) is 0 Å². The van der Waals surface area contributed by atoms with Crippen LogP contribution in [0.5, 0.6) is 0 Å². The van der Waals surface area contributed by atoms with Crippen molar-refractivity contribution in [3.8, 4) is 0 Å². The number of fused-ring (bicyclic) bond motifs is 1. The first-order valence-electron chi connectivity index (χ1n) is 4.71. The lowest BCUT2D eigenvalue weighted by Gasteiger charge is -2.01. The van der Waals surface area contributed by atoms with Crippen LogP contribution in [-0.2, 0) is 13.6 Å². The summed E-state index contributed by atoms with van der Waals surface area (Å²) in [6, 6.07) is 3.73. The number of hydrogen-bond acceptors (Lipinski definition) is 1. The number of aromatic nitrogens is 1. The highest BCUT2D eigenvalue weighted by molar-refractivity contribution is 6.38. The molecule has 4 heteroatoms. The van der Waals surface area contributed by atoms with Crippen molar-refractivity contribution < 1.29 is 0 Å². The maximum atomic E-state index is 6.16. The second kappa shape index (κ2) is 4.05. The third-order valence-electron chi connectivity index (χ3n) is 2.44. The summed E-state index contributed by atoms with van der Waals surface area (Å²) >= 11 is 12.1. The average molecular weight is 243 g/mol. The Bertz CT molecular complexity index is 503. The fourth-order valence-electron chi connectivity index (χ4n) is 1.87. The Balaban J connectivity index is 2.75. The molecule has 0 amide bonds. The Morgan fingerprint density at radius 1 is 1.33 bits per heavy atom. The molecule has 2 nitrogen and oxygen atoms in total. The van der Waals surface area contributed by atoms with Gasteiger partial charge in [0, 0.05) is 30.2 Å². The molecule has 0 atom stereocenters. The van der Waals surface area contributed by atoms with Crippen LogP contribution in [0, 0.1) is 0 Å². The highest BCUT2D eigenvalue weighted by atomic mass is 35.5. The second-order valence-electron chi connectivity index (χ2n) is 3.58. The van der Waals surface area contributed by atoms with Gasteiger partial charge in [0.05, 0.1) is 10.5 Å². The summed E-state index contributed by atoms with van der Waals surface area (Å²) in [7, 11) is 3.91. The van der Waals surface area contributed by atoms with Crippen LogP contribution in [0.1, 0.15) is 5.56 Å². The topological polar surface area (TPSA) is 17.0 Å². The Labute approximate surface area is 98.8 Å². The summed E-state index contributed by atoms with van der Waals surface area (Å²) < 4.78 is 2.03. The Morgan fingerprint density at radius 2 is 2.07 bits per heavy atom. The number of nitrogens with zero attached hydrogens (tertiary/aromatic N) is 1. The highest BCUT2D eigenvalue weighted by Gasteiger charge is 2.10. The highest BCUT2D eigenvalue weighted by Crippen LogP contribution is 2.30. The number of nitrogens with one attached hydrogen (secondary N) is 1. The third-order valence-corrected chi connectivity index (χ3v) is 2.95. The number of benzene rings is 1. The molecule has 1 aromatic heterocycles. The van der Waals surface area contributed by atoms with Crippen LogP contribution in [0.4, 0.5) is 0 Å². The van der Waals surface area contributed by atoms with E-state index in [0.717, 1.165) is 17.4 Å². The molecule has 0 saturated carbocycles. The Hall–Kier alpha value is -0.700. The molecule has 1 N–H and O–H groups in total. The van der Waals surface area contributed by atoms with Crippen LogP contribution in [0.15, 0.2) is 18.3 Å². The first kappa shape index (κ1) is 10.8. The molecular weight excluding hydrogens is 231 g/mol. The van der Waals surface area contributed by atoms with E-state index in [1.807, 2.05) is 24.7 Å². The largest absolute Gasteiger partial charge is 0.349 e. The summed E-state index contributed by atoms with van der Waals surface area (Å²) in [5.74, 6) is 0. The molecular formula is C11H12Cl2N2. The lowest BCUT2D eigenvalue weighted by molar-refractivity contribution is 0.815. The van der Waals surface area contributed by atoms with Crippen molar-refractivity contribution >= 4 is 34.1 Å². The number of halogens is 2. The zero-order chi connectivity index (χ0) is 11.0. The molecule has 0 radical (unpaired) electrons. The minimum absolute atomic E-state index is 0.677. The Kier molecular flexibility index (Phi) is 2.91. The maximum absolute atomic E-state index is 6.16. The molecule has 15 heavy (non-hydrogen) atoms. The number of rotatable bonds is 2. The molecule has 0 aliphatic rings. The molecule has 0 spiro atoms. The lowest BCUT2D eigenvalue weighted by atomic mass is 10.2. The normalized spacial score (nSPS) is 11.2. The fourth-order valence-corrected chi connectivity index (χ4v) is 2.50. The molecule has 0 aliphatic carbocycles. The lowest BCUT2D eigenvalue weighted by Crippen LogP contribution is -2.04. The minimum Gasteiger partial charge on any atom is -0.349 e. The van der Waals surface area contributed by atoms with E-state index in [-0.39, 0.29) is 0 Å². The first-order valence-corrected chi connectivity index (χ1v) is 5.46. The van der Waals surface area contributed by atoms with Gasteiger partial charge in [-0.25, -0.2) is 0 Å². The van der Waals surface area contributed by atoms with E-state index in [2.05, 4.69) is 11.5 Å². The van der Waals surface area contributed by atoms with Gasteiger partial charge in [-0.15, -0.1) is 0 Å². The molecule has 0 fully saturated rings. The second-order valence-corrected chi connectivity index (χ2v) is 4.42. The first-order chi connectivity index (χ1) is 7.13. The van der Waals surface area contributed by atoms with E-state index >= 15 is 0 Å².